The first-order valence-electron chi connectivity index (χ1n) is 17.8. The van der Waals surface area contributed by atoms with E-state index in [1.54, 1.807) is 49.5 Å². The number of ether oxygens (including phenoxy) is 2. The first-order valence-corrected chi connectivity index (χ1v) is 17.8. The van der Waals surface area contributed by atoms with Crippen LogP contribution in [0.3, 0.4) is 0 Å². The quantitative estimate of drug-likeness (QED) is 0.252. The minimum Gasteiger partial charge on any atom is -0.493 e. The number of aromatic nitrogens is 5. The molecule has 0 unspecified atom stereocenters. The van der Waals surface area contributed by atoms with E-state index in [2.05, 4.69) is 42.2 Å². The van der Waals surface area contributed by atoms with E-state index in [0.717, 1.165) is 56.8 Å². The van der Waals surface area contributed by atoms with Gasteiger partial charge in [0.25, 0.3) is 11.8 Å². The fraction of sp³-hybridized carbons (Fsp3) is 0.486. The standard InChI is InChI=1S/C37H43N9O5/c1-42-32-31(40-41-42)33(39-23-38-32)43-17-19-44(20-18-43)34(47)24-9-12-37(13-10-24)28-22-30(51-3)29(50-2)21-25(28)11-16-45(37)14-6-15-46-35(48)26-7-4-5-8-27(26)36(46)49/h4-5,7-8,21-24H,6,9-20H2,1-3H3/t24-,37+. The molecule has 266 valence electrons. The second-order valence-corrected chi connectivity index (χ2v) is 14.0. The van der Waals surface area contributed by atoms with Gasteiger partial charge in [0.1, 0.15) is 6.33 Å². The number of nitrogens with zero attached hydrogens (tertiary/aromatic N) is 9. The lowest BCUT2D eigenvalue weighted by molar-refractivity contribution is -0.138. The van der Waals surface area contributed by atoms with Crippen LogP contribution in [0.25, 0.3) is 11.2 Å². The zero-order chi connectivity index (χ0) is 35.3. The zero-order valence-corrected chi connectivity index (χ0v) is 29.4. The minimum absolute atomic E-state index is 0.0568. The summed E-state index contributed by atoms with van der Waals surface area (Å²) < 4.78 is 13.1. The molecule has 0 radical (unpaired) electrons. The number of imide groups is 1. The third-order valence-electron chi connectivity index (χ3n) is 11.5. The monoisotopic (exact) mass is 693 g/mol. The van der Waals surface area contributed by atoms with Crippen LogP contribution in [0, 0.1) is 5.92 Å². The van der Waals surface area contributed by atoms with Gasteiger partial charge in [-0.3, -0.25) is 24.2 Å². The summed E-state index contributed by atoms with van der Waals surface area (Å²) in [4.78, 5) is 57.1. The van der Waals surface area contributed by atoms with Gasteiger partial charge in [0, 0.05) is 64.3 Å². The lowest BCUT2D eigenvalue weighted by Crippen LogP contribution is -2.55. The molecular weight excluding hydrogens is 650 g/mol. The van der Waals surface area contributed by atoms with Crippen molar-refractivity contribution < 1.29 is 23.9 Å². The van der Waals surface area contributed by atoms with E-state index in [1.807, 2.05) is 11.9 Å². The Morgan fingerprint density at radius 2 is 1.59 bits per heavy atom. The third-order valence-corrected chi connectivity index (χ3v) is 11.5. The molecule has 2 fully saturated rings. The molecule has 1 saturated carbocycles. The van der Waals surface area contributed by atoms with Crippen molar-refractivity contribution in [3.8, 4) is 11.5 Å². The van der Waals surface area contributed by atoms with Gasteiger partial charge in [0.2, 0.25) is 5.91 Å². The molecule has 2 aromatic heterocycles. The summed E-state index contributed by atoms with van der Waals surface area (Å²) in [5.41, 5.74) is 4.50. The van der Waals surface area contributed by atoms with Crippen LogP contribution < -0.4 is 14.4 Å². The smallest absolute Gasteiger partial charge is 0.261 e. The van der Waals surface area contributed by atoms with Crippen molar-refractivity contribution in [1.29, 1.82) is 0 Å². The van der Waals surface area contributed by atoms with Crippen LogP contribution in [0.5, 0.6) is 11.5 Å². The number of carbonyl (C=O) groups excluding carboxylic acids is 3. The maximum absolute atomic E-state index is 14.0. The molecule has 5 heterocycles. The lowest BCUT2D eigenvalue weighted by atomic mass is 9.68. The molecule has 4 aliphatic rings. The summed E-state index contributed by atoms with van der Waals surface area (Å²) in [5, 5.41) is 8.38. The van der Waals surface area contributed by atoms with Crippen molar-refractivity contribution in [2.45, 2.75) is 44.1 Å². The van der Waals surface area contributed by atoms with Gasteiger partial charge in [0.05, 0.1) is 25.3 Å². The Kier molecular flexibility index (Phi) is 8.57. The molecule has 0 atom stereocenters. The molecule has 2 aromatic carbocycles. The Hall–Kier alpha value is -5.11. The van der Waals surface area contributed by atoms with Gasteiger partial charge in [-0.25, -0.2) is 14.6 Å². The number of benzene rings is 2. The second kappa shape index (κ2) is 13.2. The average Bonchev–Trinajstić information content (AvgIpc) is 3.67. The number of aryl methyl sites for hydroxylation is 1. The van der Waals surface area contributed by atoms with Crippen molar-refractivity contribution in [2.24, 2.45) is 13.0 Å². The summed E-state index contributed by atoms with van der Waals surface area (Å²) in [6.07, 6.45) is 6.25. The lowest BCUT2D eigenvalue weighted by Gasteiger charge is -2.52. The van der Waals surface area contributed by atoms with Crippen LogP contribution >= 0.6 is 0 Å². The van der Waals surface area contributed by atoms with Gasteiger partial charge < -0.3 is 19.3 Å². The van der Waals surface area contributed by atoms with Crippen molar-refractivity contribution in [3.05, 3.63) is 65.0 Å². The predicted octanol–water partition coefficient (Wildman–Crippen LogP) is 3.05. The predicted molar refractivity (Wildman–Crippen MR) is 188 cm³/mol. The summed E-state index contributed by atoms with van der Waals surface area (Å²) in [7, 11) is 5.14. The molecule has 51 heavy (non-hydrogen) atoms. The van der Waals surface area contributed by atoms with Gasteiger partial charge in [-0.15, -0.1) is 5.10 Å². The first kappa shape index (κ1) is 33.1. The normalized spacial score (nSPS) is 22.1. The molecule has 4 aromatic rings. The fourth-order valence-electron chi connectivity index (χ4n) is 8.79. The second-order valence-electron chi connectivity index (χ2n) is 14.0. The number of methoxy groups -OCH3 is 2. The van der Waals surface area contributed by atoms with Crippen molar-refractivity contribution in [1.82, 2.24) is 39.7 Å². The number of anilines is 1. The molecule has 1 saturated heterocycles. The first-order chi connectivity index (χ1) is 24.8. The van der Waals surface area contributed by atoms with Crippen molar-refractivity contribution in [2.75, 3.05) is 64.9 Å². The SMILES string of the molecule is COc1cc2c(cc1OC)[C@]1(CC[C@H](C(=O)N3CCN(c4ncnc5c4nnn5C)CC3)CC1)N(CCCN1C(=O)c3ccccc3C1=O)CC2. The Balaban J connectivity index is 0.966. The van der Waals surface area contributed by atoms with Crippen molar-refractivity contribution in [3.63, 3.8) is 0 Å². The highest BCUT2D eigenvalue weighted by molar-refractivity contribution is 6.21. The van der Waals surface area contributed by atoms with E-state index >= 15 is 0 Å². The van der Waals surface area contributed by atoms with E-state index in [4.69, 9.17) is 9.47 Å². The van der Waals surface area contributed by atoms with E-state index in [1.165, 1.54) is 16.0 Å². The number of amides is 3. The Morgan fingerprint density at radius 3 is 2.27 bits per heavy atom. The molecule has 1 aliphatic carbocycles. The highest BCUT2D eigenvalue weighted by Gasteiger charge is 2.47. The van der Waals surface area contributed by atoms with Crippen molar-refractivity contribution >= 4 is 34.7 Å². The Bertz CT molecular complexity index is 1960. The summed E-state index contributed by atoms with van der Waals surface area (Å²) >= 11 is 0. The van der Waals surface area contributed by atoms with Gasteiger partial charge in [-0.1, -0.05) is 17.3 Å². The number of rotatable bonds is 8. The molecular formula is C37H43N9O5. The van der Waals surface area contributed by atoms with Crippen LogP contribution in [0.15, 0.2) is 42.7 Å². The summed E-state index contributed by atoms with van der Waals surface area (Å²) in [6, 6.07) is 11.3. The van der Waals surface area contributed by atoms with E-state index < -0.39 is 0 Å². The van der Waals surface area contributed by atoms with Crippen LogP contribution in [0.1, 0.15) is 63.9 Å². The number of hydrogen-bond donors (Lipinski definition) is 0. The molecule has 1 spiro atoms. The molecule has 0 N–H and O–H groups in total. The number of hydrogen-bond acceptors (Lipinski definition) is 11. The highest BCUT2D eigenvalue weighted by Crippen LogP contribution is 2.50. The highest BCUT2D eigenvalue weighted by atomic mass is 16.5. The van der Waals surface area contributed by atoms with Crippen LogP contribution in [0.4, 0.5) is 5.82 Å². The zero-order valence-electron chi connectivity index (χ0n) is 29.4. The van der Waals surface area contributed by atoms with Gasteiger partial charge in [-0.05, 0) is 73.9 Å². The number of carbonyl (C=O) groups is 3. The molecule has 14 nitrogen and oxygen atoms in total. The van der Waals surface area contributed by atoms with Gasteiger partial charge in [-0.2, -0.15) is 0 Å². The number of fused-ring (bicyclic) bond motifs is 4. The fourth-order valence-corrected chi connectivity index (χ4v) is 8.79. The van der Waals surface area contributed by atoms with E-state index in [-0.39, 0.29) is 29.2 Å². The number of piperazine rings is 1. The van der Waals surface area contributed by atoms with Crippen LogP contribution in [0.2, 0.25) is 0 Å². The van der Waals surface area contributed by atoms with Crippen LogP contribution in [-0.2, 0) is 23.8 Å². The molecule has 3 amide bonds. The molecule has 14 heteroatoms. The van der Waals surface area contributed by atoms with E-state index in [0.29, 0.717) is 67.2 Å². The summed E-state index contributed by atoms with van der Waals surface area (Å²) in [5.74, 6) is 1.90. The van der Waals surface area contributed by atoms with Gasteiger partial charge in [0.15, 0.2) is 28.5 Å². The van der Waals surface area contributed by atoms with Gasteiger partial charge >= 0.3 is 0 Å². The maximum Gasteiger partial charge on any atom is 0.261 e. The Morgan fingerprint density at radius 1 is 0.902 bits per heavy atom. The largest absolute Gasteiger partial charge is 0.493 e. The topological polar surface area (TPSA) is 139 Å². The summed E-state index contributed by atoms with van der Waals surface area (Å²) in [6.45, 7) is 4.51. The Labute approximate surface area is 296 Å². The maximum atomic E-state index is 14.0. The third kappa shape index (κ3) is 5.56. The molecule has 3 aliphatic heterocycles. The van der Waals surface area contributed by atoms with Crippen LogP contribution in [-0.4, -0.2) is 117 Å². The average molecular weight is 694 g/mol. The molecule has 0 bridgehead atoms. The molecule has 8 rings (SSSR count). The minimum atomic E-state index is -0.292. The van der Waals surface area contributed by atoms with E-state index in [9.17, 15) is 14.4 Å².